The molecule has 1 saturated heterocycles. The second-order valence-electron chi connectivity index (χ2n) is 8.35. The maximum Gasteiger partial charge on any atom is 0.311 e. The predicted octanol–water partition coefficient (Wildman–Crippen LogP) is 1.08. The summed E-state index contributed by atoms with van der Waals surface area (Å²) >= 11 is 0.617. The first kappa shape index (κ1) is 27.0. The van der Waals surface area contributed by atoms with Crippen LogP contribution in [-0.4, -0.2) is 78.0 Å². The molecule has 2 N–H and O–H groups in total. The van der Waals surface area contributed by atoms with E-state index < -0.39 is 31.4 Å². The summed E-state index contributed by atoms with van der Waals surface area (Å²) in [6.45, 7) is 7.96. The topological polar surface area (TPSA) is 136 Å². The summed E-state index contributed by atoms with van der Waals surface area (Å²) in [5.74, 6) is -0.472. The molecule has 0 radical (unpaired) electrons. The van der Waals surface area contributed by atoms with Crippen LogP contribution in [0.25, 0.3) is 6.08 Å². The van der Waals surface area contributed by atoms with Crippen molar-refractivity contribution in [2.24, 2.45) is 10.6 Å². The van der Waals surface area contributed by atoms with Crippen LogP contribution in [-0.2, 0) is 34.3 Å². The Morgan fingerprint density at radius 3 is 2.44 bits per heavy atom. The molecule has 0 saturated carbocycles. The molecule has 3 rings (SSSR count). The molecule has 1 aromatic rings. The number of halogens is 1. The van der Waals surface area contributed by atoms with E-state index in [1.807, 2.05) is 0 Å². The number of morpholine rings is 1. The lowest BCUT2D eigenvalue weighted by Crippen LogP contribution is -2.44. The average Bonchev–Trinajstić information content (AvgIpc) is 3.11. The van der Waals surface area contributed by atoms with E-state index in [9.17, 15) is 21.6 Å². The van der Waals surface area contributed by atoms with Crippen LogP contribution in [0.15, 0.2) is 20.2 Å². The van der Waals surface area contributed by atoms with Crippen molar-refractivity contribution in [3.63, 3.8) is 0 Å². The minimum Gasteiger partial charge on any atom is -0.459 e. The van der Waals surface area contributed by atoms with E-state index in [-0.39, 0.29) is 45.2 Å². The van der Waals surface area contributed by atoms with Crippen molar-refractivity contribution in [2.75, 3.05) is 46.0 Å². The third kappa shape index (κ3) is 6.01. The first-order chi connectivity index (χ1) is 14.3. The highest BCUT2D eigenvalue weighted by molar-refractivity contribution is 7.94. The molecule has 0 bridgehead atoms. The molecular weight excluding hydrogens is 502 g/mol. The van der Waals surface area contributed by atoms with Crippen molar-refractivity contribution in [1.82, 2.24) is 9.21 Å². The SMILES string of the molecule is CC(C)(C)C(=O)OCC1=Cc2cc(S(N)(=O)=O)sc2S(=O)(=O)N1CCN1CCOCC1.Cl. The molecule has 0 atom stereocenters. The van der Waals surface area contributed by atoms with Crippen molar-refractivity contribution in [1.29, 1.82) is 0 Å². The Morgan fingerprint density at radius 2 is 1.88 bits per heavy atom. The molecule has 2 aliphatic rings. The number of sulfonamides is 2. The molecular formula is C18H28ClN3O7S3. The summed E-state index contributed by atoms with van der Waals surface area (Å²) in [4.78, 5) is 14.3. The molecule has 0 spiro atoms. The molecule has 0 aromatic carbocycles. The molecule has 0 unspecified atom stereocenters. The zero-order valence-electron chi connectivity index (χ0n) is 18.1. The number of hydrogen-bond acceptors (Lipinski definition) is 9. The van der Waals surface area contributed by atoms with Crippen LogP contribution >= 0.6 is 23.7 Å². The monoisotopic (exact) mass is 529 g/mol. The number of carbonyl (C=O) groups excluding carboxylic acids is 1. The fraction of sp³-hybridized carbons (Fsp3) is 0.611. The zero-order chi connectivity index (χ0) is 23.0. The zero-order valence-corrected chi connectivity index (χ0v) is 21.3. The molecule has 1 aromatic heterocycles. The summed E-state index contributed by atoms with van der Waals surface area (Å²) < 4.78 is 61.7. The molecule has 3 heterocycles. The van der Waals surface area contributed by atoms with Gasteiger partial charge in [-0.15, -0.1) is 23.7 Å². The maximum absolute atomic E-state index is 13.3. The van der Waals surface area contributed by atoms with Crippen LogP contribution in [0.2, 0.25) is 0 Å². The Kier molecular flexibility index (Phi) is 8.41. The highest BCUT2D eigenvalue weighted by Crippen LogP contribution is 2.38. The fourth-order valence-electron chi connectivity index (χ4n) is 3.10. The highest BCUT2D eigenvalue weighted by atomic mass is 35.5. The van der Waals surface area contributed by atoms with Gasteiger partial charge in [0.15, 0.2) is 0 Å². The van der Waals surface area contributed by atoms with E-state index >= 15 is 0 Å². The van der Waals surface area contributed by atoms with Gasteiger partial charge in [-0.05, 0) is 32.9 Å². The number of ether oxygens (including phenoxy) is 2. The molecule has 2 aliphatic heterocycles. The van der Waals surface area contributed by atoms with Crippen molar-refractivity contribution >= 4 is 55.8 Å². The molecule has 32 heavy (non-hydrogen) atoms. The van der Waals surface area contributed by atoms with Gasteiger partial charge >= 0.3 is 5.97 Å². The number of rotatable bonds is 6. The van der Waals surface area contributed by atoms with E-state index in [0.717, 1.165) is 0 Å². The summed E-state index contributed by atoms with van der Waals surface area (Å²) in [5, 5.41) is 5.19. The quantitative estimate of drug-likeness (QED) is 0.541. The first-order valence-corrected chi connectivity index (χ1v) is 13.5. The standard InChI is InChI=1S/C18H27N3O7S3.ClH/c1-18(2,3)17(22)28-12-14-10-13-11-15(30(19,23)24)29-16(13)31(25,26)21(14)5-4-20-6-8-27-9-7-20;/h10-11H,4-9,12H2,1-3H3,(H2,19,23,24);1H. The summed E-state index contributed by atoms with van der Waals surface area (Å²) in [6.07, 6.45) is 1.54. The van der Waals surface area contributed by atoms with Gasteiger partial charge in [0.1, 0.15) is 15.0 Å². The largest absolute Gasteiger partial charge is 0.459 e. The van der Waals surface area contributed by atoms with Gasteiger partial charge < -0.3 is 9.47 Å². The third-order valence-corrected chi connectivity index (χ3v) is 9.79. The predicted molar refractivity (Wildman–Crippen MR) is 122 cm³/mol. The van der Waals surface area contributed by atoms with Gasteiger partial charge in [-0.2, -0.15) is 0 Å². The summed E-state index contributed by atoms with van der Waals surface area (Å²) in [7, 11) is -8.10. The minimum atomic E-state index is -4.06. The second kappa shape index (κ2) is 9.95. The number of thiophene rings is 1. The number of hydrogen-bond donors (Lipinski definition) is 1. The van der Waals surface area contributed by atoms with Crippen LogP contribution in [0.3, 0.4) is 0 Å². The average molecular weight is 530 g/mol. The van der Waals surface area contributed by atoms with Crippen molar-refractivity contribution in [3.8, 4) is 0 Å². The summed E-state index contributed by atoms with van der Waals surface area (Å²) in [5.41, 5.74) is -0.267. The molecule has 1 fully saturated rings. The van der Waals surface area contributed by atoms with Gasteiger partial charge in [0.05, 0.1) is 24.3 Å². The van der Waals surface area contributed by atoms with Gasteiger partial charge in [0.2, 0.25) is 10.0 Å². The van der Waals surface area contributed by atoms with Gasteiger partial charge in [0, 0.05) is 31.7 Å². The van der Waals surface area contributed by atoms with Crippen LogP contribution in [0.4, 0.5) is 0 Å². The van der Waals surface area contributed by atoms with E-state index in [1.54, 1.807) is 20.8 Å². The smallest absolute Gasteiger partial charge is 0.311 e. The van der Waals surface area contributed by atoms with Crippen LogP contribution in [0.5, 0.6) is 0 Å². The Hall–Kier alpha value is -1.22. The van der Waals surface area contributed by atoms with Gasteiger partial charge in [-0.3, -0.25) is 14.0 Å². The highest BCUT2D eigenvalue weighted by Gasteiger charge is 2.37. The molecule has 10 nitrogen and oxygen atoms in total. The second-order valence-corrected chi connectivity index (χ2v) is 13.2. The van der Waals surface area contributed by atoms with Gasteiger partial charge in [-0.1, -0.05) is 0 Å². The van der Waals surface area contributed by atoms with Crippen LogP contribution in [0, 0.1) is 5.41 Å². The van der Waals surface area contributed by atoms with E-state index in [0.29, 0.717) is 44.2 Å². The Bertz CT molecular complexity index is 1090. The Labute approximate surface area is 198 Å². The molecule has 0 aliphatic carbocycles. The normalized spacial score (nSPS) is 19.0. The molecule has 14 heteroatoms. The van der Waals surface area contributed by atoms with Crippen LogP contribution < -0.4 is 5.14 Å². The Morgan fingerprint density at radius 1 is 1.25 bits per heavy atom. The lowest BCUT2D eigenvalue weighted by atomic mass is 9.97. The van der Waals surface area contributed by atoms with Crippen molar-refractivity contribution < 1.29 is 31.1 Å². The summed E-state index contributed by atoms with van der Waals surface area (Å²) in [6, 6.07) is 1.23. The lowest BCUT2D eigenvalue weighted by molar-refractivity contribution is -0.152. The third-order valence-electron chi connectivity index (χ3n) is 4.84. The van der Waals surface area contributed by atoms with E-state index in [2.05, 4.69) is 4.90 Å². The molecule has 182 valence electrons. The number of primary sulfonamides is 1. The number of nitrogens with two attached hydrogens (primary N) is 1. The van der Waals surface area contributed by atoms with Crippen molar-refractivity contribution in [3.05, 3.63) is 17.3 Å². The number of esters is 1. The fourth-order valence-corrected chi connectivity index (χ4v) is 7.19. The number of carbonyl (C=O) groups is 1. The van der Waals surface area contributed by atoms with E-state index in [1.165, 1.54) is 16.4 Å². The van der Waals surface area contributed by atoms with Crippen LogP contribution in [0.1, 0.15) is 26.3 Å². The number of fused-ring (bicyclic) bond motifs is 1. The Balaban J connectivity index is 0.00000363. The van der Waals surface area contributed by atoms with E-state index in [4.69, 9.17) is 14.6 Å². The number of nitrogens with zero attached hydrogens (tertiary/aromatic N) is 2. The lowest BCUT2D eigenvalue weighted by Gasteiger charge is -2.33. The first-order valence-electron chi connectivity index (χ1n) is 9.67. The maximum atomic E-state index is 13.3. The van der Waals surface area contributed by atoms with Gasteiger partial charge in [0.25, 0.3) is 10.0 Å². The van der Waals surface area contributed by atoms with Crippen molar-refractivity contribution in [2.45, 2.75) is 29.2 Å². The van der Waals surface area contributed by atoms with Gasteiger partial charge in [-0.25, -0.2) is 22.0 Å². The molecule has 0 amide bonds. The minimum absolute atomic E-state index is 0.